The second-order valence-electron chi connectivity index (χ2n) is 4.60. The number of methoxy groups -OCH3 is 1. The fraction of sp³-hybridized carbons (Fsp3) is 0.538. The van der Waals surface area contributed by atoms with Crippen LogP contribution in [0.25, 0.3) is 0 Å². The van der Waals surface area contributed by atoms with E-state index in [0.717, 1.165) is 27.2 Å². The van der Waals surface area contributed by atoms with Gasteiger partial charge in [-0.15, -0.1) is 0 Å². The highest BCUT2D eigenvalue weighted by Gasteiger charge is 2.27. The normalized spacial score (nSPS) is 16.9. The van der Waals surface area contributed by atoms with Crippen LogP contribution in [0.1, 0.15) is 25.3 Å². The largest absolute Gasteiger partial charge is 0.494 e. The molecule has 1 saturated carbocycles. The molecule has 0 aromatic heterocycles. The van der Waals surface area contributed by atoms with Gasteiger partial charge in [0.2, 0.25) is 0 Å². The molecule has 17 heavy (non-hydrogen) atoms. The number of nitrogens with one attached hydrogen (secondary N) is 1. The van der Waals surface area contributed by atoms with Crippen LogP contribution in [0.4, 0.5) is 0 Å². The summed E-state index contributed by atoms with van der Waals surface area (Å²) in [6.07, 6.45) is 2.76. The van der Waals surface area contributed by atoms with Crippen LogP contribution in [-0.2, 0) is 6.54 Å². The quantitative estimate of drug-likeness (QED) is 0.851. The fourth-order valence-corrected chi connectivity index (χ4v) is 3.56. The summed E-state index contributed by atoms with van der Waals surface area (Å²) in [5, 5.41) is 3.57. The molecule has 1 aliphatic carbocycles. The number of hydrogen-bond donors (Lipinski definition) is 1. The molecule has 0 radical (unpaired) electrons. The molecule has 0 spiro atoms. The summed E-state index contributed by atoms with van der Waals surface area (Å²) in [5.74, 6) is 1.74. The number of ether oxygens (including phenoxy) is 1. The van der Waals surface area contributed by atoms with Gasteiger partial charge in [-0.2, -0.15) is 0 Å². The van der Waals surface area contributed by atoms with Crippen LogP contribution in [0.15, 0.2) is 21.1 Å². The Balaban J connectivity index is 2.00. The first kappa shape index (κ1) is 13.4. The summed E-state index contributed by atoms with van der Waals surface area (Å²) < 4.78 is 7.27. The topological polar surface area (TPSA) is 21.3 Å². The lowest BCUT2D eigenvalue weighted by Gasteiger charge is -2.14. The van der Waals surface area contributed by atoms with E-state index in [2.05, 4.69) is 56.2 Å². The van der Waals surface area contributed by atoms with E-state index in [4.69, 9.17) is 4.74 Å². The summed E-state index contributed by atoms with van der Waals surface area (Å²) in [6.45, 7) is 3.17. The van der Waals surface area contributed by atoms with Crippen molar-refractivity contribution >= 4 is 31.9 Å². The van der Waals surface area contributed by atoms with Crippen LogP contribution in [0.5, 0.6) is 5.75 Å². The van der Waals surface area contributed by atoms with Gasteiger partial charge in [-0.1, -0.05) is 0 Å². The molecule has 0 saturated heterocycles. The molecule has 1 aromatic carbocycles. The molecule has 0 bridgehead atoms. The van der Waals surface area contributed by atoms with Crippen molar-refractivity contribution in [1.29, 1.82) is 0 Å². The zero-order chi connectivity index (χ0) is 12.4. The molecule has 1 atom stereocenters. The summed E-state index contributed by atoms with van der Waals surface area (Å²) in [4.78, 5) is 0. The van der Waals surface area contributed by atoms with E-state index in [1.165, 1.54) is 18.4 Å². The fourth-order valence-electron chi connectivity index (χ4n) is 1.95. The van der Waals surface area contributed by atoms with Crippen molar-refractivity contribution in [2.45, 2.75) is 32.4 Å². The Morgan fingerprint density at radius 2 is 1.94 bits per heavy atom. The molecule has 2 nitrogen and oxygen atoms in total. The zero-order valence-electron chi connectivity index (χ0n) is 10.1. The average Bonchev–Trinajstić information content (AvgIpc) is 3.09. The highest BCUT2D eigenvalue weighted by atomic mass is 79.9. The van der Waals surface area contributed by atoms with Gasteiger partial charge in [0.25, 0.3) is 0 Å². The predicted octanol–water partition coefficient (Wildman–Crippen LogP) is 4.11. The van der Waals surface area contributed by atoms with E-state index >= 15 is 0 Å². The minimum Gasteiger partial charge on any atom is -0.494 e. The summed E-state index contributed by atoms with van der Waals surface area (Å²) in [7, 11) is 1.68. The standard InChI is InChI=1S/C13H17Br2NO/c1-8(10-3-4-10)16-7-9-5-11(14)13(17-2)12(15)6-9/h5-6,8,10,16H,3-4,7H2,1-2H3. The van der Waals surface area contributed by atoms with Gasteiger partial charge in [0.15, 0.2) is 0 Å². The van der Waals surface area contributed by atoms with Crippen molar-refractivity contribution in [1.82, 2.24) is 5.32 Å². The molecule has 0 heterocycles. The predicted molar refractivity (Wildman–Crippen MR) is 77.4 cm³/mol. The molecule has 2 rings (SSSR count). The van der Waals surface area contributed by atoms with E-state index < -0.39 is 0 Å². The number of hydrogen-bond acceptors (Lipinski definition) is 2. The van der Waals surface area contributed by atoms with Crippen LogP contribution >= 0.6 is 31.9 Å². The van der Waals surface area contributed by atoms with Crippen molar-refractivity contribution in [3.8, 4) is 5.75 Å². The van der Waals surface area contributed by atoms with Gasteiger partial charge >= 0.3 is 0 Å². The van der Waals surface area contributed by atoms with Crippen molar-refractivity contribution in [2.75, 3.05) is 7.11 Å². The molecular weight excluding hydrogens is 346 g/mol. The molecule has 0 aliphatic heterocycles. The summed E-state index contributed by atoms with van der Waals surface area (Å²) in [5.41, 5.74) is 1.26. The molecular formula is C13H17Br2NO. The highest BCUT2D eigenvalue weighted by molar-refractivity contribution is 9.11. The lowest BCUT2D eigenvalue weighted by atomic mass is 10.1. The van der Waals surface area contributed by atoms with Crippen molar-refractivity contribution < 1.29 is 4.74 Å². The van der Waals surface area contributed by atoms with Crippen LogP contribution < -0.4 is 10.1 Å². The summed E-state index contributed by atoms with van der Waals surface area (Å²) in [6, 6.07) is 4.83. The third-order valence-electron chi connectivity index (χ3n) is 3.22. The molecule has 94 valence electrons. The lowest BCUT2D eigenvalue weighted by Crippen LogP contribution is -2.27. The maximum absolute atomic E-state index is 5.29. The first-order valence-corrected chi connectivity index (χ1v) is 7.45. The van der Waals surface area contributed by atoms with Crippen molar-refractivity contribution in [3.05, 3.63) is 26.6 Å². The maximum Gasteiger partial charge on any atom is 0.147 e. The van der Waals surface area contributed by atoms with Gasteiger partial charge < -0.3 is 10.1 Å². The Bertz CT molecular complexity index is 381. The van der Waals surface area contributed by atoms with E-state index in [1.54, 1.807) is 7.11 Å². The van der Waals surface area contributed by atoms with Crippen LogP contribution in [-0.4, -0.2) is 13.2 Å². The lowest BCUT2D eigenvalue weighted by molar-refractivity contribution is 0.409. The van der Waals surface area contributed by atoms with E-state index in [9.17, 15) is 0 Å². The number of rotatable bonds is 5. The minimum absolute atomic E-state index is 0.620. The zero-order valence-corrected chi connectivity index (χ0v) is 13.3. The molecule has 1 fully saturated rings. The van der Waals surface area contributed by atoms with Gasteiger partial charge in [0, 0.05) is 12.6 Å². The Kier molecular flexibility index (Phi) is 4.50. The Morgan fingerprint density at radius 1 is 1.35 bits per heavy atom. The number of halogens is 2. The average molecular weight is 363 g/mol. The van der Waals surface area contributed by atoms with E-state index in [1.807, 2.05) is 0 Å². The highest BCUT2D eigenvalue weighted by Crippen LogP contribution is 2.35. The van der Waals surface area contributed by atoms with Gasteiger partial charge in [0.1, 0.15) is 5.75 Å². The first-order chi connectivity index (χ1) is 8.11. The number of benzene rings is 1. The smallest absolute Gasteiger partial charge is 0.147 e. The van der Waals surface area contributed by atoms with E-state index in [-0.39, 0.29) is 0 Å². The molecule has 1 aliphatic rings. The summed E-state index contributed by atoms with van der Waals surface area (Å²) >= 11 is 7.05. The minimum atomic E-state index is 0.620. The van der Waals surface area contributed by atoms with Crippen LogP contribution in [0.3, 0.4) is 0 Å². The van der Waals surface area contributed by atoms with Crippen LogP contribution in [0.2, 0.25) is 0 Å². The Hall–Kier alpha value is -0.0600. The van der Waals surface area contributed by atoms with Crippen molar-refractivity contribution in [3.63, 3.8) is 0 Å². The monoisotopic (exact) mass is 361 g/mol. The Labute approximate surface area is 119 Å². The molecule has 0 amide bonds. The second-order valence-corrected chi connectivity index (χ2v) is 6.31. The second kappa shape index (κ2) is 5.72. The maximum atomic E-state index is 5.29. The van der Waals surface area contributed by atoms with Gasteiger partial charge in [-0.3, -0.25) is 0 Å². The molecule has 4 heteroatoms. The molecule has 1 aromatic rings. The first-order valence-electron chi connectivity index (χ1n) is 5.87. The van der Waals surface area contributed by atoms with Crippen LogP contribution in [0, 0.1) is 5.92 Å². The van der Waals surface area contributed by atoms with E-state index in [0.29, 0.717) is 6.04 Å². The van der Waals surface area contributed by atoms with Gasteiger partial charge in [-0.05, 0) is 75.2 Å². The Morgan fingerprint density at radius 3 is 2.41 bits per heavy atom. The SMILES string of the molecule is COc1c(Br)cc(CNC(C)C2CC2)cc1Br. The third-order valence-corrected chi connectivity index (χ3v) is 4.40. The molecule has 1 N–H and O–H groups in total. The van der Waals surface area contributed by atoms with Crippen molar-refractivity contribution in [2.24, 2.45) is 5.92 Å². The molecule has 1 unspecified atom stereocenters. The van der Waals surface area contributed by atoms with Gasteiger partial charge in [0.05, 0.1) is 16.1 Å². The third kappa shape index (κ3) is 3.46. The van der Waals surface area contributed by atoms with Gasteiger partial charge in [-0.25, -0.2) is 0 Å².